The predicted molar refractivity (Wildman–Crippen MR) is 103 cm³/mol. The molecule has 144 valence electrons. The predicted octanol–water partition coefficient (Wildman–Crippen LogP) is 5.47. The topological polar surface area (TPSA) is 89.2 Å². The van der Waals surface area contributed by atoms with E-state index < -0.39 is 0 Å². The molecule has 0 aliphatic rings. The van der Waals surface area contributed by atoms with E-state index in [2.05, 4.69) is 65.0 Å². The number of hydrogen-bond donors (Lipinski definition) is 1. The molecule has 7 heteroatoms. The Morgan fingerprint density at radius 1 is 0.893 bits per heavy atom. The summed E-state index contributed by atoms with van der Waals surface area (Å²) in [6.45, 7) is 19.8. The quantitative estimate of drug-likeness (QED) is 0.313. The number of benzene rings is 2. The van der Waals surface area contributed by atoms with E-state index in [4.69, 9.17) is 18.7 Å². The molecule has 0 aliphatic heterocycles. The van der Waals surface area contributed by atoms with Gasteiger partial charge in [0.05, 0.1) is 7.11 Å². The van der Waals surface area contributed by atoms with Crippen LogP contribution in [0.5, 0.6) is 11.2 Å². The summed E-state index contributed by atoms with van der Waals surface area (Å²) in [4.78, 5) is 0. The molecule has 3 aromatic rings. The van der Waals surface area contributed by atoms with Gasteiger partial charge in [-0.3, -0.25) is 0 Å². The van der Waals surface area contributed by atoms with E-state index in [0.717, 1.165) is 40.5 Å². The molecule has 0 unspecified atom stereocenters. The molecule has 2 aromatic carbocycles. The molecule has 0 saturated heterocycles. The van der Waals surface area contributed by atoms with Gasteiger partial charge in [-0.25, -0.2) is 0 Å². The van der Waals surface area contributed by atoms with Gasteiger partial charge in [0.2, 0.25) is 0 Å². The maximum absolute atomic E-state index is 10.7. The monoisotopic (exact) mass is 434 g/mol. The SMILES string of the molecule is COc1pc(C(C)(C)C)c(O)c2cc3ccccc3cc12.[C-]#[O+].[C-]#[O+].[C-]#[O+].[Cr]. The molecule has 28 heavy (non-hydrogen) atoms. The Bertz CT molecular complexity index is 957. The van der Waals surface area contributed by atoms with Gasteiger partial charge in [0.1, 0.15) is 5.75 Å². The van der Waals surface area contributed by atoms with Crippen molar-refractivity contribution >= 4 is 29.7 Å². The van der Waals surface area contributed by atoms with Gasteiger partial charge in [0, 0.05) is 33.4 Å². The third-order valence-electron chi connectivity index (χ3n) is 3.71. The maximum atomic E-state index is 10.7. The van der Waals surface area contributed by atoms with Gasteiger partial charge in [-0.05, 0) is 36.5 Å². The number of methoxy groups -OCH3 is 1. The van der Waals surface area contributed by atoms with Crippen LogP contribution in [0, 0.1) is 20.0 Å². The summed E-state index contributed by atoms with van der Waals surface area (Å²) in [5.41, 5.74) is 0.803. The molecule has 0 spiro atoms. The first-order valence-electron chi connectivity index (χ1n) is 7.63. The van der Waals surface area contributed by atoms with Gasteiger partial charge >= 0.3 is 33.9 Å². The summed E-state index contributed by atoms with van der Waals surface area (Å²) < 4.78 is 28.1. The van der Waals surface area contributed by atoms with Crippen LogP contribution in [-0.4, -0.2) is 12.2 Å². The van der Waals surface area contributed by atoms with E-state index in [1.54, 1.807) is 7.11 Å². The Kier molecular flexibility index (Phi) is 13.3. The van der Waals surface area contributed by atoms with Crippen LogP contribution >= 0.6 is 8.19 Å². The van der Waals surface area contributed by atoms with Gasteiger partial charge in [-0.15, -0.1) is 0 Å². The zero-order valence-corrected chi connectivity index (χ0v) is 18.1. The van der Waals surface area contributed by atoms with Crippen LogP contribution in [0.1, 0.15) is 26.1 Å². The Morgan fingerprint density at radius 2 is 1.32 bits per heavy atom. The van der Waals surface area contributed by atoms with Gasteiger partial charge in [-0.2, -0.15) is 0 Å². The molecular weight excluding hydrogens is 415 g/mol. The number of aromatic hydroxyl groups is 1. The van der Waals surface area contributed by atoms with Gasteiger partial charge in [-0.1, -0.05) is 45.0 Å². The van der Waals surface area contributed by atoms with Crippen LogP contribution in [0.15, 0.2) is 36.4 Å². The Hall–Kier alpha value is -2.04. The fourth-order valence-corrected chi connectivity index (χ4v) is 3.80. The zero-order chi connectivity index (χ0) is 21.2. The Balaban J connectivity index is 0. The minimum atomic E-state index is -0.0985. The number of hydrogen-bond acceptors (Lipinski definition) is 2. The number of ether oxygens (including phenoxy) is 1. The van der Waals surface area contributed by atoms with Crippen LogP contribution in [0.3, 0.4) is 0 Å². The smallest absolute Gasteiger partial charge is 0 e. The minimum absolute atomic E-state index is 0. The van der Waals surface area contributed by atoms with E-state index in [9.17, 15) is 5.11 Å². The van der Waals surface area contributed by atoms with Crippen LogP contribution in [-0.2, 0) is 36.7 Å². The summed E-state index contributed by atoms with van der Waals surface area (Å²) >= 11 is 0. The first-order chi connectivity index (χ1) is 12.9. The molecule has 1 N–H and O–H groups in total. The van der Waals surface area contributed by atoms with Gasteiger partial charge in [0.25, 0.3) is 0 Å². The third-order valence-corrected chi connectivity index (χ3v) is 5.45. The summed E-state index contributed by atoms with van der Waals surface area (Å²) in [6, 6.07) is 12.4. The van der Waals surface area contributed by atoms with Crippen LogP contribution < -0.4 is 4.74 Å². The fourth-order valence-electron chi connectivity index (χ4n) is 2.63. The van der Waals surface area contributed by atoms with Crippen molar-refractivity contribution in [1.82, 2.24) is 0 Å². The minimum Gasteiger partial charge on any atom is 0 e. The average Bonchev–Trinajstić information content (AvgIpc) is 2.71. The van der Waals surface area contributed by atoms with Crippen LogP contribution in [0.2, 0.25) is 0 Å². The standard InChI is InChI=1S/C18H19O2P.3CO.Cr/c1-18(2,3)16-15(19)13-9-11-7-5-6-8-12(11)10-14(13)17(20-4)21-16;3*1-2;/h5-10,19H,1-4H3;;;;. The molecule has 1 aromatic heterocycles. The van der Waals surface area contributed by atoms with Crippen LogP contribution in [0.25, 0.3) is 21.5 Å². The Morgan fingerprint density at radius 3 is 1.71 bits per heavy atom. The van der Waals surface area contributed by atoms with E-state index >= 15 is 0 Å². The summed E-state index contributed by atoms with van der Waals surface area (Å²) in [7, 11) is 2.65. The molecular formula is C21H19CrO5P. The van der Waals surface area contributed by atoms with Crippen molar-refractivity contribution in [3.8, 4) is 11.2 Å². The second kappa shape index (κ2) is 13.2. The molecule has 0 saturated carbocycles. The first-order valence-corrected chi connectivity index (χ1v) is 8.52. The van der Waals surface area contributed by atoms with Crippen molar-refractivity contribution in [2.75, 3.05) is 7.11 Å². The summed E-state index contributed by atoms with van der Waals surface area (Å²) in [5.74, 6) is 0.394. The zero-order valence-electron chi connectivity index (χ0n) is 15.9. The average molecular weight is 434 g/mol. The normalized spacial score (nSPS) is 9.50. The van der Waals surface area contributed by atoms with Crippen molar-refractivity contribution in [3.63, 3.8) is 0 Å². The molecule has 0 atom stereocenters. The van der Waals surface area contributed by atoms with E-state index in [1.165, 1.54) is 0 Å². The molecule has 1 heterocycles. The van der Waals surface area contributed by atoms with Crippen molar-refractivity contribution in [1.29, 1.82) is 0 Å². The molecule has 0 radical (unpaired) electrons. The maximum Gasteiger partial charge on any atom is 0 e. The number of rotatable bonds is 1. The summed E-state index contributed by atoms with van der Waals surface area (Å²) in [5, 5.41) is 15.9. The van der Waals surface area contributed by atoms with Crippen molar-refractivity contribution in [3.05, 3.63) is 61.6 Å². The second-order valence-corrected chi connectivity index (χ2v) is 7.39. The first kappa shape index (κ1) is 28.2. The van der Waals surface area contributed by atoms with Gasteiger partial charge < -0.3 is 9.84 Å². The van der Waals surface area contributed by atoms with E-state index in [-0.39, 0.29) is 22.8 Å². The third kappa shape index (κ3) is 6.25. The van der Waals surface area contributed by atoms with Crippen LogP contribution in [0.4, 0.5) is 0 Å². The fraction of sp³-hybridized carbons (Fsp3) is 0.238. The van der Waals surface area contributed by atoms with Crippen molar-refractivity contribution < 1.29 is 41.2 Å². The molecule has 0 aliphatic carbocycles. The largest absolute Gasteiger partial charge is 0 e. The second-order valence-electron chi connectivity index (χ2n) is 6.31. The molecule has 5 nitrogen and oxygen atoms in total. The van der Waals surface area contributed by atoms with E-state index in [0.29, 0.717) is 5.75 Å². The summed E-state index contributed by atoms with van der Waals surface area (Å²) in [6.07, 6.45) is 0. The Labute approximate surface area is 177 Å². The molecule has 0 amide bonds. The van der Waals surface area contributed by atoms with Crippen molar-refractivity contribution in [2.45, 2.75) is 26.2 Å². The molecule has 0 bridgehead atoms. The van der Waals surface area contributed by atoms with Gasteiger partial charge in [0.15, 0.2) is 5.48 Å². The molecule has 0 fully saturated rings. The van der Waals surface area contributed by atoms with E-state index in [1.807, 2.05) is 12.1 Å². The molecule has 3 rings (SSSR count). The number of fused-ring (bicyclic) bond motifs is 2. The van der Waals surface area contributed by atoms with Crippen molar-refractivity contribution in [2.24, 2.45) is 0 Å².